The van der Waals surface area contributed by atoms with Gasteiger partial charge in [0.15, 0.2) is 0 Å². The Balaban J connectivity index is 1.50. The van der Waals surface area contributed by atoms with Crippen LogP contribution in [0.2, 0.25) is 0 Å². The molecule has 1 N–H and O–H groups in total. The van der Waals surface area contributed by atoms with Crippen molar-refractivity contribution in [3.05, 3.63) is 77.4 Å². The zero-order valence-electron chi connectivity index (χ0n) is 17.4. The van der Waals surface area contributed by atoms with Crippen molar-refractivity contribution in [2.45, 2.75) is 16.3 Å². The van der Waals surface area contributed by atoms with Gasteiger partial charge in [-0.15, -0.1) is 11.3 Å². The smallest absolute Gasteiger partial charge is 0.261 e. The second kappa shape index (κ2) is 8.97. The van der Waals surface area contributed by atoms with E-state index in [1.165, 1.54) is 43.8 Å². The number of pyridine rings is 1. The minimum atomic E-state index is -3.82. The summed E-state index contributed by atoms with van der Waals surface area (Å²) in [6, 6.07) is 14.7. The molecule has 4 aromatic rings. The molecule has 0 radical (unpaired) electrons. The Hall–Kier alpha value is -3.43. The Morgan fingerprint density at radius 2 is 1.81 bits per heavy atom. The van der Waals surface area contributed by atoms with Crippen LogP contribution in [0.15, 0.2) is 76.8 Å². The van der Waals surface area contributed by atoms with E-state index in [4.69, 9.17) is 9.47 Å². The van der Waals surface area contributed by atoms with Gasteiger partial charge in [-0.2, -0.15) is 0 Å². The van der Waals surface area contributed by atoms with Crippen LogP contribution in [0.5, 0.6) is 11.5 Å². The maximum absolute atomic E-state index is 13.1. The van der Waals surface area contributed by atoms with Crippen LogP contribution >= 0.6 is 11.3 Å². The van der Waals surface area contributed by atoms with E-state index in [1.54, 1.807) is 36.7 Å². The number of rotatable bonds is 7. The Labute approximate surface area is 189 Å². The average molecular weight is 469 g/mol. The minimum absolute atomic E-state index is 0.0275. The van der Waals surface area contributed by atoms with Gasteiger partial charge in [0.05, 0.1) is 28.7 Å². The molecular weight excluding hydrogens is 448 g/mol. The highest BCUT2D eigenvalue weighted by molar-refractivity contribution is 7.91. The molecule has 0 aliphatic heterocycles. The van der Waals surface area contributed by atoms with Crippen molar-refractivity contribution in [2.24, 2.45) is 0 Å². The summed E-state index contributed by atoms with van der Waals surface area (Å²) >= 11 is 1.37. The summed E-state index contributed by atoms with van der Waals surface area (Å²) in [5, 5.41) is 3.83. The van der Waals surface area contributed by atoms with Crippen LogP contribution < -0.4 is 14.8 Å². The van der Waals surface area contributed by atoms with Crippen LogP contribution in [0.4, 0.5) is 0 Å². The summed E-state index contributed by atoms with van der Waals surface area (Å²) in [7, 11) is -0.931. The molecule has 9 heteroatoms. The molecule has 1 amide bonds. The number of benzene rings is 2. The molecule has 0 atom stereocenters. The molecule has 2 aromatic carbocycles. The summed E-state index contributed by atoms with van der Waals surface area (Å²) in [6.45, 7) is 0.272. The second-order valence-corrected chi connectivity index (χ2v) is 9.87. The number of nitrogens with one attached hydrogen (secondary N) is 1. The van der Waals surface area contributed by atoms with E-state index < -0.39 is 9.84 Å². The van der Waals surface area contributed by atoms with Crippen LogP contribution in [0.1, 0.15) is 15.2 Å². The number of aromatic nitrogens is 1. The molecule has 2 aromatic heterocycles. The maximum atomic E-state index is 13.1. The van der Waals surface area contributed by atoms with Crippen molar-refractivity contribution in [1.29, 1.82) is 0 Å². The number of amides is 1. The monoisotopic (exact) mass is 468 g/mol. The van der Waals surface area contributed by atoms with Crippen molar-refractivity contribution in [2.75, 3.05) is 14.2 Å². The molecule has 0 unspecified atom stereocenters. The molecule has 4 rings (SSSR count). The lowest BCUT2D eigenvalue weighted by Gasteiger charge is -2.12. The quantitative estimate of drug-likeness (QED) is 0.439. The number of hydrogen-bond acceptors (Lipinski definition) is 7. The number of sulfone groups is 1. The molecule has 32 heavy (non-hydrogen) atoms. The summed E-state index contributed by atoms with van der Waals surface area (Å²) in [4.78, 5) is 17.3. The molecule has 0 saturated heterocycles. The Morgan fingerprint density at radius 1 is 1.03 bits per heavy atom. The van der Waals surface area contributed by atoms with Gasteiger partial charge < -0.3 is 14.8 Å². The first-order valence-electron chi connectivity index (χ1n) is 9.60. The first kappa shape index (κ1) is 21.8. The van der Waals surface area contributed by atoms with Gasteiger partial charge in [0.2, 0.25) is 9.84 Å². The number of methoxy groups -OCH3 is 2. The first-order valence-corrected chi connectivity index (χ1v) is 11.9. The van der Waals surface area contributed by atoms with Crippen molar-refractivity contribution in [3.8, 4) is 11.5 Å². The molecule has 0 saturated carbocycles. The highest BCUT2D eigenvalue weighted by Crippen LogP contribution is 2.32. The summed E-state index contributed by atoms with van der Waals surface area (Å²) in [5.41, 5.74) is 0.776. The Bertz CT molecular complexity index is 1350. The normalized spacial score (nSPS) is 11.3. The van der Waals surface area contributed by atoms with Crippen LogP contribution in [-0.4, -0.2) is 33.5 Å². The van der Waals surface area contributed by atoms with Crippen LogP contribution in [0.3, 0.4) is 0 Å². The summed E-state index contributed by atoms with van der Waals surface area (Å²) < 4.78 is 37.6. The zero-order valence-corrected chi connectivity index (χ0v) is 19.0. The molecule has 0 bridgehead atoms. The lowest BCUT2D eigenvalue weighted by molar-refractivity contribution is 0.0955. The van der Waals surface area contributed by atoms with Gasteiger partial charge in [0.25, 0.3) is 5.91 Å². The third-order valence-corrected chi connectivity index (χ3v) is 7.77. The van der Waals surface area contributed by atoms with Gasteiger partial charge >= 0.3 is 0 Å². The molecule has 2 heterocycles. The lowest BCUT2D eigenvalue weighted by Crippen LogP contribution is -2.21. The number of carbonyl (C=O) groups excluding carboxylic acids is 1. The number of hydrogen-bond donors (Lipinski definition) is 1. The van der Waals surface area contributed by atoms with E-state index in [0.29, 0.717) is 10.6 Å². The Morgan fingerprint density at radius 3 is 2.50 bits per heavy atom. The number of thiophene rings is 1. The van der Waals surface area contributed by atoms with Gasteiger partial charge in [0.1, 0.15) is 16.4 Å². The topological polar surface area (TPSA) is 94.6 Å². The number of fused-ring (bicyclic) bond motifs is 1. The third-order valence-electron chi connectivity index (χ3n) is 4.89. The van der Waals surface area contributed by atoms with E-state index in [0.717, 1.165) is 15.6 Å². The maximum Gasteiger partial charge on any atom is 0.261 e. The van der Waals surface area contributed by atoms with Gasteiger partial charge in [-0.25, -0.2) is 8.42 Å². The second-order valence-electron chi connectivity index (χ2n) is 6.87. The first-order chi connectivity index (χ1) is 15.4. The molecule has 164 valence electrons. The molecular formula is C23H20N2O5S2. The van der Waals surface area contributed by atoms with Gasteiger partial charge in [-0.1, -0.05) is 12.1 Å². The predicted molar refractivity (Wildman–Crippen MR) is 122 cm³/mol. The molecule has 0 aliphatic carbocycles. The SMILES string of the molecule is COc1ccc(OC)c(S(=O)(=O)c2ccc(CNC(=O)c3cc4ccncc4s3)cc2)c1. The average Bonchev–Trinajstić information content (AvgIpc) is 3.27. The molecule has 0 aliphatic rings. The predicted octanol–water partition coefficient (Wildman–Crippen LogP) is 4.08. The van der Waals surface area contributed by atoms with E-state index in [1.807, 2.05) is 12.1 Å². The van der Waals surface area contributed by atoms with Gasteiger partial charge in [0, 0.05) is 25.0 Å². The number of nitrogens with zero attached hydrogens (tertiary/aromatic N) is 1. The number of ether oxygens (including phenoxy) is 2. The molecule has 0 fully saturated rings. The van der Waals surface area contributed by atoms with Crippen molar-refractivity contribution in [1.82, 2.24) is 10.3 Å². The van der Waals surface area contributed by atoms with Crippen LogP contribution in [0.25, 0.3) is 10.1 Å². The van der Waals surface area contributed by atoms with Crippen LogP contribution in [0, 0.1) is 0 Å². The van der Waals surface area contributed by atoms with E-state index in [2.05, 4.69) is 10.3 Å². The van der Waals surface area contributed by atoms with Crippen molar-refractivity contribution >= 4 is 37.2 Å². The summed E-state index contributed by atoms with van der Waals surface area (Å²) in [6.07, 6.45) is 3.42. The standard InChI is InChI=1S/C23H20N2O5S2/c1-29-17-5-8-19(30-2)22(12-17)32(27,28)18-6-3-15(4-7-18)13-25-23(26)20-11-16-9-10-24-14-21(16)31-20/h3-12,14H,13H2,1-2H3,(H,25,26). The zero-order chi connectivity index (χ0) is 22.7. The van der Waals surface area contributed by atoms with Gasteiger partial charge in [-0.3, -0.25) is 9.78 Å². The number of carbonyl (C=O) groups is 1. The molecule has 0 spiro atoms. The fourth-order valence-corrected chi connectivity index (χ4v) is 5.56. The fourth-order valence-electron chi connectivity index (χ4n) is 3.17. The summed E-state index contributed by atoms with van der Waals surface area (Å²) in [5.74, 6) is 0.463. The highest BCUT2D eigenvalue weighted by Gasteiger charge is 2.23. The van der Waals surface area contributed by atoms with E-state index in [-0.39, 0.29) is 28.0 Å². The highest BCUT2D eigenvalue weighted by atomic mass is 32.2. The third kappa shape index (κ3) is 4.30. The Kier molecular flexibility index (Phi) is 6.11. The van der Waals surface area contributed by atoms with Crippen molar-refractivity contribution in [3.63, 3.8) is 0 Å². The van der Waals surface area contributed by atoms with E-state index >= 15 is 0 Å². The van der Waals surface area contributed by atoms with Crippen molar-refractivity contribution < 1.29 is 22.7 Å². The lowest BCUT2D eigenvalue weighted by atomic mass is 10.2. The van der Waals surface area contributed by atoms with E-state index in [9.17, 15) is 13.2 Å². The molecule has 7 nitrogen and oxygen atoms in total. The minimum Gasteiger partial charge on any atom is -0.497 e. The largest absolute Gasteiger partial charge is 0.497 e. The van der Waals surface area contributed by atoms with Gasteiger partial charge in [-0.05, 0) is 47.3 Å². The van der Waals surface area contributed by atoms with Crippen LogP contribution in [-0.2, 0) is 16.4 Å². The fraction of sp³-hybridized carbons (Fsp3) is 0.130.